The summed E-state index contributed by atoms with van der Waals surface area (Å²) in [5, 5.41) is 12.3. The van der Waals surface area contributed by atoms with E-state index in [0.29, 0.717) is 57.3 Å². The van der Waals surface area contributed by atoms with Gasteiger partial charge in [0.05, 0.1) is 49.2 Å². The van der Waals surface area contributed by atoms with E-state index in [0.717, 1.165) is 31.5 Å². The molecule has 10 nitrogen and oxygen atoms in total. The van der Waals surface area contributed by atoms with Crippen molar-refractivity contribution in [2.24, 2.45) is 0 Å². The molecule has 1 fully saturated rings. The van der Waals surface area contributed by atoms with Crippen molar-refractivity contribution in [2.75, 3.05) is 53.3 Å². The number of piperidine rings is 1. The summed E-state index contributed by atoms with van der Waals surface area (Å²) >= 11 is 12.0. The van der Waals surface area contributed by atoms with Crippen molar-refractivity contribution >= 4 is 34.8 Å². The lowest BCUT2D eigenvalue weighted by Gasteiger charge is -2.38. The predicted molar refractivity (Wildman–Crippen MR) is 172 cm³/mol. The second kappa shape index (κ2) is 18.0. The van der Waals surface area contributed by atoms with Gasteiger partial charge in [0.15, 0.2) is 0 Å². The number of amides is 1. The van der Waals surface area contributed by atoms with Crippen LogP contribution in [0.15, 0.2) is 48.5 Å². The standard InChI is InChI=1S/C24H30ClFN2O4.C8H10ClNO3/c1-16-13-22(30-2)19(14-20(16)25)24(29)27-21-9-11-28(15-23(21)31-3)10-4-12-32-18-7-5-17(26)6-8-18;1-12-8-3-7(10)6(9)2-5(8)4-13-11/h5-8,13-14,21,23H,4,9-12,15H2,1-3H3,(H,27,29);2-3,11H,4,10H2,1H3. The van der Waals surface area contributed by atoms with E-state index in [2.05, 4.69) is 15.1 Å². The summed E-state index contributed by atoms with van der Waals surface area (Å²) in [4.78, 5) is 19.2. The maximum absolute atomic E-state index is 13.0. The van der Waals surface area contributed by atoms with Crippen LogP contribution in [0.5, 0.6) is 17.2 Å². The Labute approximate surface area is 273 Å². The lowest BCUT2D eigenvalue weighted by atomic mass is 10.0. The van der Waals surface area contributed by atoms with Gasteiger partial charge in [0.2, 0.25) is 0 Å². The number of hydrogen-bond acceptors (Lipinski definition) is 9. The Balaban J connectivity index is 0.000000355. The Bertz CT molecular complexity index is 1400. The number of rotatable bonds is 12. The van der Waals surface area contributed by atoms with E-state index >= 15 is 0 Å². The molecule has 0 aliphatic carbocycles. The fraction of sp³-hybridized carbons (Fsp3) is 0.406. The third kappa shape index (κ3) is 10.6. The van der Waals surface area contributed by atoms with Crippen LogP contribution in [-0.4, -0.2) is 75.8 Å². The number of likely N-dealkylation sites (tertiary alicyclic amines) is 1. The first-order valence-electron chi connectivity index (χ1n) is 14.3. The molecule has 0 bridgehead atoms. The first-order valence-corrected chi connectivity index (χ1v) is 15.0. The summed E-state index contributed by atoms with van der Waals surface area (Å²) in [6.45, 7) is 4.84. The second-order valence-electron chi connectivity index (χ2n) is 10.4. The SMILES string of the molecule is COc1cc(C)c(Cl)cc1C(=O)NC1CCN(CCCOc2ccc(F)cc2)CC1OC.COc1cc(N)c(Cl)cc1COO. The van der Waals surface area contributed by atoms with Gasteiger partial charge in [-0.3, -0.25) is 10.1 Å². The van der Waals surface area contributed by atoms with Gasteiger partial charge >= 0.3 is 0 Å². The number of carbonyl (C=O) groups is 1. The molecule has 1 amide bonds. The highest BCUT2D eigenvalue weighted by Crippen LogP contribution is 2.29. The number of nitrogens with zero attached hydrogens (tertiary/aromatic N) is 1. The number of anilines is 1. The molecule has 13 heteroatoms. The largest absolute Gasteiger partial charge is 0.496 e. The van der Waals surface area contributed by atoms with Gasteiger partial charge in [-0.15, -0.1) is 0 Å². The minimum Gasteiger partial charge on any atom is -0.496 e. The van der Waals surface area contributed by atoms with Gasteiger partial charge < -0.3 is 34.9 Å². The van der Waals surface area contributed by atoms with Crippen molar-refractivity contribution in [1.82, 2.24) is 10.2 Å². The van der Waals surface area contributed by atoms with Crippen LogP contribution < -0.4 is 25.3 Å². The smallest absolute Gasteiger partial charge is 0.255 e. The Morgan fingerprint density at radius 3 is 2.42 bits per heavy atom. The van der Waals surface area contributed by atoms with Crippen LogP contribution in [0.25, 0.3) is 0 Å². The Morgan fingerprint density at radius 2 is 1.78 bits per heavy atom. The number of nitrogens with one attached hydrogen (secondary N) is 1. The van der Waals surface area contributed by atoms with Crippen molar-refractivity contribution in [3.8, 4) is 17.2 Å². The molecule has 1 heterocycles. The summed E-state index contributed by atoms with van der Waals surface area (Å²) in [6, 6.07) is 12.5. The molecule has 3 aromatic rings. The molecule has 4 rings (SSSR count). The molecular weight excluding hydrogens is 628 g/mol. The summed E-state index contributed by atoms with van der Waals surface area (Å²) in [6.07, 6.45) is 1.48. The monoisotopic (exact) mass is 667 g/mol. The number of nitrogen functional groups attached to an aromatic ring is 1. The molecular formula is C32H40Cl2FN3O7. The van der Waals surface area contributed by atoms with Crippen molar-refractivity contribution in [3.05, 3.63) is 81.1 Å². The molecule has 1 aliphatic rings. The Kier molecular flexibility index (Phi) is 14.4. The molecule has 0 spiro atoms. The van der Waals surface area contributed by atoms with Crippen LogP contribution >= 0.6 is 23.2 Å². The van der Waals surface area contributed by atoms with Gasteiger partial charge in [0, 0.05) is 43.4 Å². The van der Waals surface area contributed by atoms with Gasteiger partial charge in [-0.1, -0.05) is 23.2 Å². The minimum atomic E-state index is -0.276. The number of ether oxygens (including phenoxy) is 4. The molecule has 1 aliphatic heterocycles. The van der Waals surface area contributed by atoms with Gasteiger partial charge in [0.1, 0.15) is 29.7 Å². The summed E-state index contributed by atoms with van der Waals surface area (Å²) in [5.74, 6) is 1.20. The zero-order valence-electron chi connectivity index (χ0n) is 25.8. The van der Waals surface area contributed by atoms with Crippen LogP contribution in [0.2, 0.25) is 10.0 Å². The van der Waals surface area contributed by atoms with Crippen LogP contribution in [0.3, 0.4) is 0 Å². The number of methoxy groups -OCH3 is 3. The number of aryl methyl sites for hydroxylation is 1. The van der Waals surface area contributed by atoms with Crippen LogP contribution in [-0.2, 0) is 16.2 Å². The average Bonchev–Trinajstić information content (AvgIpc) is 3.03. The third-order valence-electron chi connectivity index (χ3n) is 7.31. The van der Waals surface area contributed by atoms with E-state index in [1.165, 1.54) is 26.4 Å². The van der Waals surface area contributed by atoms with Gasteiger partial charge in [-0.2, -0.15) is 0 Å². The number of benzene rings is 3. The molecule has 2 atom stereocenters. The lowest BCUT2D eigenvalue weighted by molar-refractivity contribution is -0.253. The van der Waals surface area contributed by atoms with Crippen LogP contribution in [0.1, 0.15) is 34.3 Å². The average molecular weight is 669 g/mol. The highest BCUT2D eigenvalue weighted by Gasteiger charge is 2.31. The number of carbonyl (C=O) groups excluding carboxylic acids is 1. The lowest BCUT2D eigenvalue weighted by Crippen LogP contribution is -2.55. The van der Waals surface area contributed by atoms with E-state index in [-0.39, 0.29) is 30.5 Å². The molecule has 1 saturated heterocycles. The van der Waals surface area contributed by atoms with Crippen molar-refractivity contribution in [3.63, 3.8) is 0 Å². The fourth-order valence-corrected chi connectivity index (χ4v) is 5.18. The molecule has 45 heavy (non-hydrogen) atoms. The maximum atomic E-state index is 13.0. The fourth-order valence-electron chi connectivity index (χ4n) is 4.83. The topological polar surface area (TPSA) is 125 Å². The second-order valence-corrected chi connectivity index (χ2v) is 11.2. The van der Waals surface area contributed by atoms with E-state index in [1.54, 1.807) is 43.5 Å². The highest BCUT2D eigenvalue weighted by atomic mass is 35.5. The van der Waals surface area contributed by atoms with Gasteiger partial charge in [-0.25, -0.2) is 9.28 Å². The summed E-state index contributed by atoms with van der Waals surface area (Å²) in [7, 11) is 4.70. The number of hydrogen-bond donors (Lipinski definition) is 3. The summed E-state index contributed by atoms with van der Waals surface area (Å²) in [5.41, 5.74) is 7.89. The Hall–Kier alpha value is -3.32. The molecule has 4 N–H and O–H groups in total. The molecule has 0 aromatic heterocycles. The van der Waals surface area contributed by atoms with Gasteiger partial charge in [-0.05, 0) is 67.8 Å². The number of nitrogens with two attached hydrogens (primary N) is 1. The van der Waals surface area contributed by atoms with Gasteiger partial charge in [0.25, 0.3) is 5.91 Å². The first-order chi connectivity index (χ1) is 21.6. The normalized spacial score (nSPS) is 16.4. The van der Waals surface area contributed by atoms with Crippen LogP contribution in [0, 0.1) is 12.7 Å². The van der Waals surface area contributed by atoms with Crippen molar-refractivity contribution < 1.29 is 38.3 Å². The molecule has 0 radical (unpaired) electrons. The molecule has 246 valence electrons. The van der Waals surface area contributed by atoms with E-state index < -0.39 is 0 Å². The predicted octanol–water partition coefficient (Wildman–Crippen LogP) is 6.00. The first kappa shape index (κ1) is 36.2. The molecule has 0 saturated carbocycles. The van der Waals surface area contributed by atoms with Crippen LogP contribution in [0.4, 0.5) is 10.1 Å². The summed E-state index contributed by atoms with van der Waals surface area (Å²) < 4.78 is 34.7. The highest BCUT2D eigenvalue weighted by molar-refractivity contribution is 6.33. The maximum Gasteiger partial charge on any atom is 0.255 e. The Morgan fingerprint density at radius 1 is 1.07 bits per heavy atom. The zero-order chi connectivity index (χ0) is 32.9. The van der Waals surface area contributed by atoms with E-state index in [1.807, 2.05) is 6.92 Å². The van der Waals surface area contributed by atoms with Crippen molar-refractivity contribution in [2.45, 2.75) is 38.5 Å². The van der Waals surface area contributed by atoms with E-state index in [4.69, 9.17) is 53.1 Å². The third-order valence-corrected chi connectivity index (χ3v) is 8.04. The number of halogens is 3. The molecule has 2 unspecified atom stereocenters. The quantitative estimate of drug-likeness (QED) is 0.0922. The minimum absolute atomic E-state index is 0.0170. The zero-order valence-corrected chi connectivity index (χ0v) is 27.3. The van der Waals surface area contributed by atoms with E-state index in [9.17, 15) is 9.18 Å². The molecule has 3 aromatic carbocycles. The van der Waals surface area contributed by atoms with Crippen molar-refractivity contribution in [1.29, 1.82) is 0 Å².